The molecule has 1 atom stereocenters. The van der Waals surface area contributed by atoms with Crippen molar-refractivity contribution in [1.29, 1.82) is 0 Å². The molecule has 1 N–H and O–H groups in total. The number of carbonyl (C=O) groups excluding carboxylic acids is 2. The molecule has 0 bridgehead atoms. The zero-order chi connectivity index (χ0) is 20.5. The first-order valence-corrected chi connectivity index (χ1v) is 10.8. The van der Waals surface area contributed by atoms with Crippen molar-refractivity contribution < 1.29 is 19.4 Å². The maximum atomic E-state index is 12.9. The first kappa shape index (κ1) is 19.4. The molecule has 3 heterocycles. The molecule has 1 aromatic carbocycles. The third-order valence-corrected chi connectivity index (χ3v) is 6.71. The molecule has 29 heavy (non-hydrogen) atoms. The van der Waals surface area contributed by atoms with Gasteiger partial charge >= 0.3 is 0 Å². The number of carbonyl (C=O) groups is 2. The SMILES string of the molecule is COc1ccc(/C(O)=C2/C(=O)C(=O)N(Cc3cccs3)C2c2cccs2)cc1C. The Balaban J connectivity index is 1.83. The molecule has 148 valence electrons. The molecule has 4 rings (SSSR count). The van der Waals surface area contributed by atoms with Gasteiger partial charge in [0.05, 0.1) is 19.2 Å². The Morgan fingerprint density at radius 2 is 1.90 bits per heavy atom. The highest BCUT2D eigenvalue weighted by molar-refractivity contribution is 7.10. The lowest BCUT2D eigenvalue weighted by atomic mass is 9.98. The van der Waals surface area contributed by atoms with Gasteiger partial charge in [-0.2, -0.15) is 0 Å². The second-order valence-corrected chi connectivity index (χ2v) is 8.72. The van der Waals surface area contributed by atoms with Crippen LogP contribution in [-0.4, -0.2) is 28.8 Å². The van der Waals surface area contributed by atoms with Crippen LogP contribution >= 0.6 is 22.7 Å². The van der Waals surface area contributed by atoms with Crippen LogP contribution < -0.4 is 4.74 Å². The molecule has 2 aromatic heterocycles. The highest BCUT2D eigenvalue weighted by atomic mass is 32.1. The summed E-state index contributed by atoms with van der Waals surface area (Å²) < 4.78 is 5.28. The number of hydrogen-bond donors (Lipinski definition) is 1. The predicted octanol–water partition coefficient (Wildman–Crippen LogP) is 4.75. The molecule has 0 saturated carbocycles. The van der Waals surface area contributed by atoms with Gasteiger partial charge in [-0.1, -0.05) is 12.1 Å². The summed E-state index contributed by atoms with van der Waals surface area (Å²) >= 11 is 2.99. The summed E-state index contributed by atoms with van der Waals surface area (Å²) in [6.45, 7) is 2.19. The van der Waals surface area contributed by atoms with Crippen LogP contribution in [0.4, 0.5) is 0 Å². The van der Waals surface area contributed by atoms with Gasteiger partial charge in [0, 0.05) is 15.3 Å². The zero-order valence-electron chi connectivity index (χ0n) is 15.9. The molecule has 7 heteroatoms. The molecule has 1 fully saturated rings. The summed E-state index contributed by atoms with van der Waals surface area (Å²) in [4.78, 5) is 29.2. The van der Waals surface area contributed by atoms with Crippen LogP contribution in [0.1, 0.15) is 26.9 Å². The van der Waals surface area contributed by atoms with E-state index < -0.39 is 17.7 Å². The Kier molecular flexibility index (Phi) is 5.25. The lowest BCUT2D eigenvalue weighted by Gasteiger charge is -2.23. The van der Waals surface area contributed by atoms with E-state index >= 15 is 0 Å². The minimum atomic E-state index is -0.661. The number of aryl methyl sites for hydroxylation is 1. The number of ether oxygens (including phenoxy) is 1. The van der Waals surface area contributed by atoms with E-state index in [-0.39, 0.29) is 11.3 Å². The van der Waals surface area contributed by atoms with E-state index in [0.717, 1.165) is 15.3 Å². The third kappa shape index (κ3) is 3.47. The second-order valence-electron chi connectivity index (χ2n) is 6.71. The molecule has 0 aliphatic carbocycles. The number of thiophene rings is 2. The van der Waals surface area contributed by atoms with Crippen molar-refractivity contribution in [2.75, 3.05) is 7.11 Å². The standard InChI is InChI=1S/C22H19NO4S2/c1-13-11-14(7-8-16(13)27-2)20(24)18-19(17-6-4-10-29-17)23(22(26)21(18)25)12-15-5-3-9-28-15/h3-11,19,24H,12H2,1-2H3/b20-18-. The Morgan fingerprint density at radius 1 is 1.14 bits per heavy atom. The van der Waals surface area contributed by atoms with Crippen LogP contribution in [0.3, 0.4) is 0 Å². The van der Waals surface area contributed by atoms with Crippen LogP contribution in [0.5, 0.6) is 5.75 Å². The number of nitrogens with zero attached hydrogens (tertiary/aromatic N) is 1. The van der Waals surface area contributed by atoms with Gasteiger partial charge in [0.15, 0.2) is 0 Å². The summed E-state index contributed by atoms with van der Waals surface area (Å²) in [5, 5.41) is 14.9. The molecular formula is C22H19NO4S2. The quantitative estimate of drug-likeness (QED) is 0.364. The lowest BCUT2D eigenvalue weighted by molar-refractivity contribution is -0.140. The maximum absolute atomic E-state index is 12.9. The van der Waals surface area contributed by atoms with E-state index in [2.05, 4.69) is 0 Å². The number of aliphatic hydroxyl groups excluding tert-OH is 1. The number of aliphatic hydroxyl groups is 1. The first-order valence-electron chi connectivity index (χ1n) is 9.00. The number of likely N-dealkylation sites (tertiary alicyclic amines) is 1. The molecule has 0 spiro atoms. The number of methoxy groups -OCH3 is 1. The first-order chi connectivity index (χ1) is 14.0. The molecule has 1 aliphatic rings. The summed E-state index contributed by atoms with van der Waals surface area (Å²) in [6, 6.07) is 12.2. The van der Waals surface area contributed by atoms with Gasteiger partial charge < -0.3 is 14.7 Å². The van der Waals surface area contributed by atoms with Crippen molar-refractivity contribution in [2.45, 2.75) is 19.5 Å². The number of ketones is 1. The predicted molar refractivity (Wildman–Crippen MR) is 114 cm³/mol. The Bertz CT molecular complexity index is 1080. The number of Topliss-reactive ketones (excluding diaryl/α,β-unsaturated/α-hetero) is 1. The number of rotatable bonds is 5. The largest absolute Gasteiger partial charge is 0.507 e. The van der Waals surface area contributed by atoms with E-state index in [1.807, 2.05) is 41.9 Å². The van der Waals surface area contributed by atoms with E-state index in [0.29, 0.717) is 17.9 Å². The van der Waals surface area contributed by atoms with Gasteiger partial charge in [0.25, 0.3) is 11.7 Å². The van der Waals surface area contributed by atoms with E-state index in [1.54, 1.807) is 30.2 Å². The second kappa shape index (κ2) is 7.85. The average molecular weight is 426 g/mol. The highest BCUT2D eigenvalue weighted by Crippen LogP contribution is 2.42. The maximum Gasteiger partial charge on any atom is 0.296 e. The highest BCUT2D eigenvalue weighted by Gasteiger charge is 2.46. The van der Waals surface area contributed by atoms with E-state index in [4.69, 9.17) is 4.74 Å². The van der Waals surface area contributed by atoms with Gasteiger partial charge in [-0.05, 0) is 53.6 Å². The lowest BCUT2D eigenvalue weighted by Crippen LogP contribution is -2.28. The van der Waals surface area contributed by atoms with Crippen LogP contribution in [0.25, 0.3) is 5.76 Å². The molecule has 0 radical (unpaired) electrons. The molecule has 1 aliphatic heterocycles. The summed E-state index contributed by atoms with van der Waals surface area (Å²) in [7, 11) is 1.58. The van der Waals surface area contributed by atoms with Gasteiger partial charge in [0.1, 0.15) is 17.6 Å². The average Bonchev–Trinajstić information content (AvgIpc) is 3.46. The third-order valence-electron chi connectivity index (χ3n) is 4.93. The van der Waals surface area contributed by atoms with Crippen LogP contribution in [0.2, 0.25) is 0 Å². The summed E-state index contributed by atoms with van der Waals surface area (Å²) in [6.07, 6.45) is 0. The van der Waals surface area contributed by atoms with Gasteiger partial charge in [-0.15, -0.1) is 22.7 Å². The summed E-state index contributed by atoms with van der Waals surface area (Å²) in [5.41, 5.74) is 1.44. The Labute approximate surface area is 176 Å². The smallest absolute Gasteiger partial charge is 0.296 e. The van der Waals surface area contributed by atoms with Crippen molar-refractivity contribution >= 4 is 40.1 Å². The van der Waals surface area contributed by atoms with Gasteiger partial charge in [-0.25, -0.2) is 0 Å². The van der Waals surface area contributed by atoms with Crippen LogP contribution in [0.15, 0.2) is 58.8 Å². The van der Waals surface area contributed by atoms with Crippen molar-refractivity contribution in [3.63, 3.8) is 0 Å². The molecule has 1 saturated heterocycles. The van der Waals surface area contributed by atoms with Gasteiger partial charge in [0.2, 0.25) is 0 Å². The topological polar surface area (TPSA) is 66.8 Å². The minimum absolute atomic E-state index is 0.124. The molecule has 3 aromatic rings. The van der Waals surface area contributed by atoms with Gasteiger partial charge in [-0.3, -0.25) is 9.59 Å². The monoisotopic (exact) mass is 425 g/mol. The number of benzene rings is 1. The Morgan fingerprint density at radius 3 is 2.52 bits per heavy atom. The Hall–Kier alpha value is -2.90. The van der Waals surface area contributed by atoms with Crippen LogP contribution in [0, 0.1) is 6.92 Å². The fourth-order valence-corrected chi connectivity index (χ4v) is 5.09. The molecule has 5 nitrogen and oxygen atoms in total. The van der Waals surface area contributed by atoms with E-state index in [1.165, 1.54) is 22.7 Å². The number of amides is 1. The molecular weight excluding hydrogens is 406 g/mol. The molecule has 1 unspecified atom stereocenters. The number of hydrogen-bond acceptors (Lipinski definition) is 6. The molecule has 1 amide bonds. The van der Waals surface area contributed by atoms with Crippen molar-refractivity contribution in [1.82, 2.24) is 4.90 Å². The summed E-state index contributed by atoms with van der Waals surface area (Å²) in [5.74, 6) is -0.731. The van der Waals surface area contributed by atoms with Crippen LogP contribution in [-0.2, 0) is 16.1 Å². The van der Waals surface area contributed by atoms with Crippen molar-refractivity contribution in [3.05, 3.63) is 79.7 Å². The fraction of sp³-hybridized carbons (Fsp3) is 0.182. The van der Waals surface area contributed by atoms with E-state index in [9.17, 15) is 14.7 Å². The fourth-order valence-electron chi connectivity index (χ4n) is 3.54. The minimum Gasteiger partial charge on any atom is -0.507 e. The normalized spacial score (nSPS) is 18.4. The zero-order valence-corrected chi connectivity index (χ0v) is 17.5. The van der Waals surface area contributed by atoms with Crippen molar-refractivity contribution in [3.8, 4) is 5.75 Å². The van der Waals surface area contributed by atoms with Crippen molar-refractivity contribution in [2.24, 2.45) is 0 Å².